The highest BCUT2D eigenvalue weighted by atomic mass is 19.1. The fourth-order valence-corrected chi connectivity index (χ4v) is 3.68. The van der Waals surface area contributed by atoms with Gasteiger partial charge in [0.25, 0.3) is 0 Å². The molecule has 3 rings (SSSR count). The van der Waals surface area contributed by atoms with E-state index >= 15 is 0 Å². The summed E-state index contributed by atoms with van der Waals surface area (Å²) in [5, 5.41) is 0. The Labute approximate surface area is 197 Å². The van der Waals surface area contributed by atoms with Gasteiger partial charge in [0, 0.05) is 30.8 Å². The maximum Gasteiger partial charge on any atom is 0.306 e. The summed E-state index contributed by atoms with van der Waals surface area (Å²) in [4.78, 5) is 17.1. The molecule has 1 heterocycles. The van der Waals surface area contributed by atoms with Crippen molar-refractivity contribution in [2.45, 2.75) is 45.7 Å². The average Bonchev–Trinajstić information content (AvgIpc) is 3.14. The van der Waals surface area contributed by atoms with E-state index in [1.165, 1.54) is 24.3 Å². The van der Waals surface area contributed by atoms with Crippen LogP contribution in [-0.2, 0) is 22.5 Å². The molecular formula is C26H30F3N3O2. The van der Waals surface area contributed by atoms with E-state index in [0.29, 0.717) is 30.0 Å². The van der Waals surface area contributed by atoms with Crippen molar-refractivity contribution in [3.63, 3.8) is 0 Å². The van der Waals surface area contributed by atoms with Crippen molar-refractivity contribution in [1.82, 2.24) is 9.55 Å². The van der Waals surface area contributed by atoms with Crippen LogP contribution in [0.15, 0.2) is 54.7 Å². The maximum atomic E-state index is 13.8. The monoisotopic (exact) mass is 473 g/mol. The lowest BCUT2D eigenvalue weighted by Gasteiger charge is -2.23. The number of nitrogens with two attached hydrogens (primary N) is 1. The second-order valence-corrected chi connectivity index (χ2v) is 9.25. The number of hydrogen-bond acceptors (Lipinski definition) is 4. The summed E-state index contributed by atoms with van der Waals surface area (Å²) < 4.78 is 47.1. The summed E-state index contributed by atoms with van der Waals surface area (Å²) in [6, 6.07) is 11.8. The zero-order chi connectivity index (χ0) is 24.7. The lowest BCUT2D eigenvalue weighted by molar-refractivity contribution is -0.146. The minimum atomic E-state index is -0.662. The van der Waals surface area contributed by atoms with Gasteiger partial charge in [0.05, 0.1) is 18.7 Å². The molecule has 0 spiro atoms. The van der Waals surface area contributed by atoms with E-state index in [0.717, 1.165) is 5.56 Å². The molecule has 0 amide bonds. The number of alkyl halides is 1. The number of ether oxygens (including phenoxy) is 1. The van der Waals surface area contributed by atoms with Crippen LogP contribution in [0, 0.1) is 17.0 Å². The second-order valence-electron chi connectivity index (χ2n) is 9.25. The molecule has 0 saturated heterocycles. The Balaban J connectivity index is 1.79. The van der Waals surface area contributed by atoms with Crippen molar-refractivity contribution in [2.24, 2.45) is 11.1 Å². The Kier molecular flexibility index (Phi) is 8.50. The van der Waals surface area contributed by atoms with Gasteiger partial charge in [-0.2, -0.15) is 0 Å². The Bertz CT molecular complexity index is 1110. The normalized spacial score (nSPS) is 12.5. The maximum absolute atomic E-state index is 13.8. The lowest BCUT2D eigenvalue weighted by atomic mass is 9.85. The van der Waals surface area contributed by atoms with Gasteiger partial charge in [0.15, 0.2) is 0 Å². The average molecular weight is 474 g/mol. The first-order valence-corrected chi connectivity index (χ1v) is 11.2. The quantitative estimate of drug-likeness (QED) is 0.395. The first-order chi connectivity index (χ1) is 16.1. The van der Waals surface area contributed by atoms with Crippen molar-refractivity contribution in [3.8, 4) is 11.3 Å². The molecular weight excluding hydrogens is 443 g/mol. The third kappa shape index (κ3) is 7.45. The molecule has 0 aliphatic heterocycles. The Morgan fingerprint density at radius 2 is 1.85 bits per heavy atom. The van der Waals surface area contributed by atoms with Crippen LogP contribution in [0.4, 0.5) is 13.2 Å². The first kappa shape index (κ1) is 25.5. The minimum Gasteiger partial charge on any atom is -0.466 e. The molecule has 34 heavy (non-hydrogen) atoms. The van der Waals surface area contributed by atoms with Crippen LogP contribution in [0.3, 0.4) is 0 Å². The van der Waals surface area contributed by atoms with Crippen molar-refractivity contribution < 1.29 is 22.7 Å². The van der Waals surface area contributed by atoms with E-state index in [-0.39, 0.29) is 31.1 Å². The van der Waals surface area contributed by atoms with E-state index in [1.54, 1.807) is 18.2 Å². The van der Waals surface area contributed by atoms with E-state index in [2.05, 4.69) is 0 Å². The number of rotatable bonds is 11. The summed E-state index contributed by atoms with van der Waals surface area (Å²) in [6.45, 7) is 3.62. The number of esters is 1. The summed E-state index contributed by atoms with van der Waals surface area (Å²) in [6.07, 6.45) is 2.62. The number of benzene rings is 2. The van der Waals surface area contributed by atoms with Crippen LogP contribution < -0.4 is 5.73 Å². The highest BCUT2D eigenvalue weighted by molar-refractivity contribution is 5.70. The molecule has 0 aliphatic carbocycles. The van der Waals surface area contributed by atoms with Gasteiger partial charge in [-0.1, -0.05) is 38.1 Å². The van der Waals surface area contributed by atoms with Crippen LogP contribution in [0.5, 0.6) is 0 Å². The fourth-order valence-electron chi connectivity index (χ4n) is 3.68. The Morgan fingerprint density at radius 3 is 2.53 bits per heavy atom. The van der Waals surface area contributed by atoms with Crippen LogP contribution in [-0.4, -0.2) is 34.8 Å². The molecule has 1 unspecified atom stereocenters. The molecule has 3 aromatic rings. The van der Waals surface area contributed by atoms with Crippen molar-refractivity contribution in [1.29, 1.82) is 0 Å². The molecule has 0 aliphatic rings. The fraction of sp³-hybridized carbons (Fsp3) is 0.385. The molecule has 2 aromatic carbocycles. The first-order valence-electron chi connectivity index (χ1n) is 11.2. The SMILES string of the molecule is CC(C)(CC(=O)OCCC(N)CF)Cc1nc(-c2cccc(F)c2)cn1Cc1cccc(F)c1. The van der Waals surface area contributed by atoms with Gasteiger partial charge < -0.3 is 15.0 Å². The largest absolute Gasteiger partial charge is 0.466 e. The number of carbonyl (C=O) groups excluding carboxylic acids is 1. The second kappa shape index (κ2) is 11.3. The zero-order valence-electron chi connectivity index (χ0n) is 19.4. The van der Waals surface area contributed by atoms with Crippen molar-refractivity contribution >= 4 is 5.97 Å². The molecule has 2 N–H and O–H groups in total. The predicted octanol–water partition coefficient (Wildman–Crippen LogP) is 5.07. The molecule has 0 radical (unpaired) electrons. The van der Waals surface area contributed by atoms with Gasteiger partial charge in [-0.25, -0.2) is 18.2 Å². The van der Waals surface area contributed by atoms with Gasteiger partial charge in [-0.15, -0.1) is 0 Å². The predicted molar refractivity (Wildman–Crippen MR) is 125 cm³/mol. The van der Waals surface area contributed by atoms with E-state index in [4.69, 9.17) is 15.5 Å². The summed E-state index contributed by atoms with van der Waals surface area (Å²) >= 11 is 0. The summed E-state index contributed by atoms with van der Waals surface area (Å²) in [5.74, 6) is -0.417. The Hall–Kier alpha value is -3.13. The van der Waals surface area contributed by atoms with Crippen LogP contribution in [0.1, 0.15) is 38.1 Å². The van der Waals surface area contributed by atoms with E-state index in [1.807, 2.05) is 30.7 Å². The summed E-state index contributed by atoms with van der Waals surface area (Å²) in [7, 11) is 0. The third-order valence-electron chi connectivity index (χ3n) is 5.43. The van der Waals surface area contributed by atoms with Crippen LogP contribution >= 0.6 is 0 Å². The molecule has 1 atom stereocenters. The highest BCUT2D eigenvalue weighted by Gasteiger charge is 2.26. The molecule has 0 saturated carbocycles. The van der Waals surface area contributed by atoms with Gasteiger partial charge in [-0.05, 0) is 41.7 Å². The third-order valence-corrected chi connectivity index (χ3v) is 5.43. The minimum absolute atomic E-state index is 0.0674. The van der Waals surface area contributed by atoms with E-state index < -0.39 is 24.1 Å². The number of nitrogens with zero attached hydrogens (tertiary/aromatic N) is 2. The van der Waals surface area contributed by atoms with Gasteiger partial charge in [-0.3, -0.25) is 4.79 Å². The standard InChI is InChI=1S/C26H30F3N3O2/c1-26(2,14-25(33)34-10-9-22(30)15-27)13-24-31-23(19-6-4-8-21(29)12-19)17-32(24)16-18-5-3-7-20(28)11-18/h3-8,11-12,17,22H,9-10,13-16,30H2,1-2H3. The van der Waals surface area contributed by atoms with E-state index in [9.17, 15) is 18.0 Å². The molecule has 182 valence electrons. The van der Waals surface area contributed by atoms with Crippen LogP contribution in [0.25, 0.3) is 11.3 Å². The molecule has 0 fully saturated rings. The Morgan fingerprint density at radius 1 is 1.15 bits per heavy atom. The number of imidazole rings is 1. The topological polar surface area (TPSA) is 70.1 Å². The van der Waals surface area contributed by atoms with Gasteiger partial charge in [0.1, 0.15) is 24.1 Å². The van der Waals surface area contributed by atoms with Gasteiger partial charge >= 0.3 is 5.97 Å². The number of carbonyl (C=O) groups is 1. The summed E-state index contributed by atoms with van der Waals surface area (Å²) in [5.41, 5.74) is 6.97. The van der Waals surface area contributed by atoms with Gasteiger partial charge in [0.2, 0.25) is 0 Å². The van der Waals surface area contributed by atoms with Crippen molar-refractivity contribution in [3.05, 3.63) is 77.8 Å². The highest BCUT2D eigenvalue weighted by Crippen LogP contribution is 2.29. The zero-order valence-corrected chi connectivity index (χ0v) is 19.4. The molecule has 0 bridgehead atoms. The molecule has 1 aromatic heterocycles. The smallest absolute Gasteiger partial charge is 0.306 e. The van der Waals surface area contributed by atoms with Crippen molar-refractivity contribution in [2.75, 3.05) is 13.3 Å². The van der Waals surface area contributed by atoms with Crippen LogP contribution in [0.2, 0.25) is 0 Å². The number of aromatic nitrogens is 2. The number of halogens is 3. The molecule has 8 heteroatoms. The molecule has 5 nitrogen and oxygen atoms in total. The lowest BCUT2D eigenvalue weighted by Crippen LogP contribution is -2.27. The number of hydrogen-bond donors (Lipinski definition) is 1.